The highest BCUT2D eigenvalue weighted by Crippen LogP contribution is 2.48. The third-order valence-corrected chi connectivity index (χ3v) is 6.89. The molecule has 3 aromatic heterocycles. The lowest BCUT2D eigenvalue weighted by atomic mass is 10.0. The van der Waals surface area contributed by atoms with E-state index in [1.54, 1.807) is 6.20 Å². The normalized spacial score (nSPS) is 22.1. The molecule has 0 radical (unpaired) electrons. The van der Waals surface area contributed by atoms with Crippen molar-refractivity contribution in [2.75, 3.05) is 18.0 Å². The van der Waals surface area contributed by atoms with Gasteiger partial charge in [0.2, 0.25) is 5.92 Å². The number of aromatic nitrogens is 4. The lowest BCUT2D eigenvalue weighted by molar-refractivity contribution is 0.00174. The van der Waals surface area contributed by atoms with Crippen LogP contribution >= 0.6 is 0 Å². The molecule has 2 atom stereocenters. The van der Waals surface area contributed by atoms with Gasteiger partial charge in [0.05, 0.1) is 29.5 Å². The van der Waals surface area contributed by atoms with Crippen molar-refractivity contribution in [1.29, 1.82) is 0 Å². The molecule has 4 heterocycles. The fourth-order valence-electron chi connectivity index (χ4n) is 5.41. The lowest BCUT2D eigenvalue weighted by Crippen LogP contribution is -2.28. The second kappa shape index (κ2) is 7.12. The van der Waals surface area contributed by atoms with Crippen LogP contribution in [0.25, 0.3) is 16.4 Å². The van der Waals surface area contributed by atoms with E-state index >= 15 is 0 Å². The number of hydrogen-bond donors (Lipinski definition) is 0. The van der Waals surface area contributed by atoms with Crippen LogP contribution in [0.4, 0.5) is 14.5 Å². The predicted molar refractivity (Wildman–Crippen MR) is 118 cm³/mol. The van der Waals surface area contributed by atoms with Crippen molar-refractivity contribution < 1.29 is 8.78 Å². The standard InChI is InChI=1S/C24H23F2N5O/c25-24(26)10-17-13-30(14-18(17)11-24)20-5-3-4-16-12-27-31(23(32)22(16)20)9-7-19-15-29-8-2-1-6-21(29)28-19/h1-6,8,12,15,17-18H,7,9-11,13-14H2. The number of hydrogen-bond acceptors (Lipinski definition) is 4. The summed E-state index contributed by atoms with van der Waals surface area (Å²) in [7, 11) is 0. The number of anilines is 1. The monoisotopic (exact) mass is 435 g/mol. The summed E-state index contributed by atoms with van der Waals surface area (Å²) in [5.74, 6) is -2.58. The first kappa shape index (κ1) is 19.4. The SMILES string of the molecule is O=c1c2c(N3CC4CC(F)(F)CC4C3)cccc2cnn1CCc1cn2ccccc2n1. The van der Waals surface area contributed by atoms with E-state index in [-0.39, 0.29) is 30.2 Å². The molecule has 4 aromatic rings. The highest BCUT2D eigenvalue weighted by atomic mass is 19.3. The topological polar surface area (TPSA) is 55.4 Å². The van der Waals surface area contributed by atoms with Gasteiger partial charge in [0, 0.05) is 50.1 Å². The van der Waals surface area contributed by atoms with Gasteiger partial charge < -0.3 is 9.30 Å². The number of alkyl halides is 2. The van der Waals surface area contributed by atoms with E-state index in [0.29, 0.717) is 31.4 Å². The van der Waals surface area contributed by atoms with Crippen molar-refractivity contribution in [2.24, 2.45) is 11.8 Å². The molecular formula is C24H23F2N5O. The summed E-state index contributed by atoms with van der Waals surface area (Å²) < 4.78 is 31.0. The summed E-state index contributed by atoms with van der Waals surface area (Å²) in [6, 6.07) is 11.5. The first-order chi connectivity index (χ1) is 15.5. The first-order valence-electron chi connectivity index (χ1n) is 11.0. The van der Waals surface area contributed by atoms with E-state index in [2.05, 4.69) is 15.0 Å². The highest BCUT2D eigenvalue weighted by Gasteiger charge is 2.50. The van der Waals surface area contributed by atoms with Crippen molar-refractivity contribution in [3.8, 4) is 0 Å². The second-order valence-corrected chi connectivity index (χ2v) is 9.05. The van der Waals surface area contributed by atoms with Gasteiger partial charge in [-0.05, 0) is 30.0 Å². The molecule has 0 spiro atoms. The van der Waals surface area contributed by atoms with Crippen molar-refractivity contribution >= 4 is 22.1 Å². The number of imidazole rings is 1. The minimum Gasteiger partial charge on any atom is -0.370 e. The molecule has 2 unspecified atom stereocenters. The maximum Gasteiger partial charge on any atom is 0.276 e. The molecule has 1 aliphatic heterocycles. The number of benzene rings is 1. The van der Waals surface area contributed by atoms with Crippen molar-refractivity contribution in [3.63, 3.8) is 0 Å². The average Bonchev–Trinajstić information content (AvgIpc) is 3.43. The Hall–Kier alpha value is -3.29. The van der Waals surface area contributed by atoms with Crippen molar-refractivity contribution in [2.45, 2.75) is 31.7 Å². The van der Waals surface area contributed by atoms with Crippen LogP contribution in [0.1, 0.15) is 18.5 Å². The summed E-state index contributed by atoms with van der Waals surface area (Å²) in [6.45, 7) is 1.56. The zero-order valence-corrected chi connectivity index (χ0v) is 17.5. The molecule has 6 nitrogen and oxygen atoms in total. The fraction of sp³-hybridized carbons (Fsp3) is 0.375. The maximum absolute atomic E-state index is 13.8. The van der Waals surface area contributed by atoms with Crippen LogP contribution < -0.4 is 10.5 Å². The molecular weight excluding hydrogens is 412 g/mol. The van der Waals surface area contributed by atoms with Gasteiger partial charge in [-0.1, -0.05) is 18.2 Å². The van der Waals surface area contributed by atoms with E-state index in [9.17, 15) is 13.6 Å². The Morgan fingerprint density at radius 2 is 1.88 bits per heavy atom. The van der Waals surface area contributed by atoms with Crippen LogP contribution in [0.2, 0.25) is 0 Å². The van der Waals surface area contributed by atoms with Crippen LogP contribution in [-0.4, -0.2) is 38.2 Å². The molecule has 0 bridgehead atoms. The highest BCUT2D eigenvalue weighted by molar-refractivity contribution is 5.93. The van der Waals surface area contributed by atoms with Crippen molar-refractivity contribution in [1.82, 2.24) is 19.2 Å². The van der Waals surface area contributed by atoms with E-state index in [4.69, 9.17) is 0 Å². The van der Waals surface area contributed by atoms with E-state index in [0.717, 1.165) is 22.4 Å². The van der Waals surface area contributed by atoms with Crippen LogP contribution in [-0.2, 0) is 13.0 Å². The molecule has 2 fully saturated rings. The van der Waals surface area contributed by atoms with Gasteiger partial charge in [0.1, 0.15) is 5.65 Å². The third-order valence-electron chi connectivity index (χ3n) is 6.89. The molecule has 164 valence electrons. The van der Waals surface area contributed by atoms with Gasteiger partial charge in [-0.3, -0.25) is 4.79 Å². The summed E-state index contributed by atoms with van der Waals surface area (Å²) in [6.07, 6.45) is 6.11. The van der Waals surface area contributed by atoms with Crippen LogP contribution in [0.3, 0.4) is 0 Å². The number of nitrogens with zero attached hydrogens (tertiary/aromatic N) is 5. The summed E-state index contributed by atoms with van der Waals surface area (Å²) in [4.78, 5) is 20.1. The molecule has 0 N–H and O–H groups in total. The summed E-state index contributed by atoms with van der Waals surface area (Å²) in [5.41, 5.74) is 2.44. The number of pyridine rings is 1. The lowest BCUT2D eigenvalue weighted by Gasteiger charge is -2.22. The van der Waals surface area contributed by atoms with Gasteiger partial charge >= 0.3 is 0 Å². The van der Waals surface area contributed by atoms with Gasteiger partial charge in [-0.2, -0.15) is 5.10 Å². The van der Waals surface area contributed by atoms with Gasteiger partial charge in [-0.15, -0.1) is 0 Å². The molecule has 6 rings (SSSR count). The average molecular weight is 435 g/mol. The molecule has 32 heavy (non-hydrogen) atoms. The third kappa shape index (κ3) is 3.25. The Morgan fingerprint density at radius 3 is 2.66 bits per heavy atom. The molecule has 8 heteroatoms. The van der Waals surface area contributed by atoms with Crippen molar-refractivity contribution in [3.05, 3.63) is 71.0 Å². The number of halogens is 2. The Labute approximate surface area is 183 Å². The van der Waals surface area contributed by atoms with E-state index < -0.39 is 5.92 Å². The Morgan fingerprint density at radius 1 is 1.06 bits per heavy atom. The number of aryl methyl sites for hydroxylation is 2. The van der Waals surface area contributed by atoms with E-state index in [1.165, 1.54) is 4.68 Å². The quantitative estimate of drug-likeness (QED) is 0.490. The van der Waals surface area contributed by atoms with Crippen LogP contribution in [0, 0.1) is 11.8 Å². The molecule has 1 saturated heterocycles. The fourth-order valence-corrected chi connectivity index (χ4v) is 5.41. The summed E-state index contributed by atoms with van der Waals surface area (Å²) in [5, 5.41) is 5.76. The molecule has 1 aromatic carbocycles. The Bertz CT molecular complexity index is 1330. The minimum absolute atomic E-state index is 0.0145. The zero-order chi connectivity index (χ0) is 21.9. The number of rotatable bonds is 4. The zero-order valence-electron chi connectivity index (χ0n) is 17.5. The summed E-state index contributed by atoms with van der Waals surface area (Å²) >= 11 is 0. The van der Waals surface area contributed by atoms with Gasteiger partial charge in [0.15, 0.2) is 0 Å². The molecule has 1 aliphatic carbocycles. The maximum atomic E-state index is 13.8. The van der Waals surface area contributed by atoms with Crippen LogP contribution in [0.15, 0.2) is 59.8 Å². The Kier molecular flexibility index (Phi) is 4.31. The number of fused-ring (bicyclic) bond motifs is 3. The first-order valence-corrected chi connectivity index (χ1v) is 11.0. The Balaban J connectivity index is 1.29. The van der Waals surface area contributed by atoms with Gasteiger partial charge in [0.25, 0.3) is 5.56 Å². The molecule has 1 saturated carbocycles. The van der Waals surface area contributed by atoms with Crippen LogP contribution in [0.5, 0.6) is 0 Å². The van der Waals surface area contributed by atoms with E-state index in [1.807, 2.05) is 53.2 Å². The predicted octanol–water partition coefficient (Wildman–Crippen LogP) is 3.77. The smallest absolute Gasteiger partial charge is 0.276 e. The minimum atomic E-state index is -2.55. The molecule has 2 aliphatic rings. The van der Waals surface area contributed by atoms with Gasteiger partial charge in [-0.25, -0.2) is 18.4 Å². The second-order valence-electron chi connectivity index (χ2n) is 9.05. The molecule has 0 amide bonds. The largest absolute Gasteiger partial charge is 0.370 e.